The second-order valence-corrected chi connectivity index (χ2v) is 3.84. The molecule has 0 heterocycles. The lowest BCUT2D eigenvalue weighted by molar-refractivity contribution is -0.274. The van der Waals surface area contributed by atoms with E-state index in [4.69, 9.17) is 23.2 Å². The summed E-state index contributed by atoms with van der Waals surface area (Å²) >= 11 is 11.3. The molecular formula is C10H7Cl2F3O3. The van der Waals surface area contributed by atoms with Gasteiger partial charge in [0.25, 0.3) is 0 Å². The van der Waals surface area contributed by atoms with Crippen LogP contribution >= 0.6 is 23.2 Å². The van der Waals surface area contributed by atoms with Crippen molar-refractivity contribution in [3.8, 4) is 5.75 Å². The van der Waals surface area contributed by atoms with Gasteiger partial charge < -0.3 is 9.47 Å². The average Bonchev–Trinajstić information content (AvgIpc) is 2.13. The van der Waals surface area contributed by atoms with Gasteiger partial charge in [-0.05, 0) is 6.92 Å². The first-order chi connectivity index (χ1) is 8.24. The van der Waals surface area contributed by atoms with Crippen LogP contribution in [0.5, 0.6) is 5.75 Å². The molecule has 0 fully saturated rings. The summed E-state index contributed by atoms with van der Waals surface area (Å²) in [6, 6.07) is 1.68. The Labute approximate surface area is 110 Å². The molecule has 0 saturated heterocycles. The summed E-state index contributed by atoms with van der Waals surface area (Å²) in [5.41, 5.74) is -0.199. The lowest BCUT2D eigenvalue weighted by Crippen LogP contribution is -2.17. The van der Waals surface area contributed by atoms with E-state index in [9.17, 15) is 18.0 Å². The maximum absolute atomic E-state index is 12.0. The number of hydrogen-bond acceptors (Lipinski definition) is 3. The summed E-state index contributed by atoms with van der Waals surface area (Å²) in [4.78, 5) is 11.4. The van der Waals surface area contributed by atoms with Gasteiger partial charge in [-0.15, -0.1) is 13.2 Å². The van der Waals surface area contributed by atoms with Crippen molar-refractivity contribution in [1.82, 2.24) is 0 Å². The number of esters is 1. The van der Waals surface area contributed by atoms with Gasteiger partial charge in [0.1, 0.15) is 5.75 Å². The molecule has 0 bridgehead atoms. The zero-order valence-corrected chi connectivity index (χ0v) is 10.5. The molecule has 1 rings (SSSR count). The van der Waals surface area contributed by atoms with E-state index in [1.54, 1.807) is 6.92 Å². The third-order valence-electron chi connectivity index (χ3n) is 1.73. The van der Waals surface area contributed by atoms with Crippen molar-refractivity contribution in [2.45, 2.75) is 13.3 Å². The molecule has 8 heteroatoms. The summed E-state index contributed by atoms with van der Waals surface area (Å²) in [6.45, 7) is 1.66. The molecule has 1 aromatic rings. The van der Waals surface area contributed by atoms with E-state index in [0.717, 1.165) is 12.1 Å². The Bertz CT molecular complexity index is 437. The van der Waals surface area contributed by atoms with Gasteiger partial charge in [-0.1, -0.05) is 23.2 Å². The lowest BCUT2D eigenvalue weighted by atomic mass is 10.2. The van der Waals surface area contributed by atoms with Crippen LogP contribution in [-0.2, 0) is 4.74 Å². The molecule has 0 aliphatic rings. The molecule has 0 atom stereocenters. The van der Waals surface area contributed by atoms with Crippen molar-refractivity contribution in [3.63, 3.8) is 0 Å². The second-order valence-electron chi connectivity index (χ2n) is 3.03. The number of alkyl halides is 3. The van der Waals surface area contributed by atoms with E-state index in [2.05, 4.69) is 9.47 Å². The number of ether oxygens (including phenoxy) is 2. The van der Waals surface area contributed by atoms with Crippen LogP contribution in [0, 0.1) is 0 Å². The molecule has 3 nitrogen and oxygen atoms in total. The van der Waals surface area contributed by atoms with Crippen LogP contribution in [0.2, 0.25) is 10.0 Å². The molecule has 0 radical (unpaired) electrons. The topological polar surface area (TPSA) is 35.5 Å². The average molecular weight is 303 g/mol. The van der Waals surface area contributed by atoms with E-state index in [-0.39, 0.29) is 22.2 Å². The summed E-state index contributed by atoms with van der Waals surface area (Å²) in [7, 11) is 0. The van der Waals surface area contributed by atoms with Crippen molar-refractivity contribution in [1.29, 1.82) is 0 Å². The molecular weight excluding hydrogens is 296 g/mol. The van der Waals surface area contributed by atoms with Crippen molar-refractivity contribution in [3.05, 3.63) is 27.7 Å². The zero-order chi connectivity index (χ0) is 13.9. The Morgan fingerprint density at radius 2 is 1.78 bits per heavy atom. The number of halogens is 5. The molecule has 0 amide bonds. The van der Waals surface area contributed by atoms with Crippen LogP contribution < -0.4 is 4.74 Å². The number of benzene rings is 1. The fraction of sp³-hybridized carbons (Fsp3) is 0.300. The molecule has 0 unspecified atom stereocenters. The number of rotatable bonds is 3. The standard InChI is InChI=1S/C10H7Cl2F3O3/c1-2-17-9(16)8-6(11)3-5(4-7(8)12)18-10(13,14)15/h3-4H,2H2,1H3. The summed E-state index contributed by atoms with van der Waals surface area (Å²) in [6.07, 6.45) is -4.86. The van der Waals surface area contributed by atoms with Gasteiger partial charge in [-0.25, -0.2) is 4.79 Å². The Morgan fingerprint density at radius 3 is 2.17 bits per heavy atom. The van der Waals surface area contributed by atoms with Crippen molar-refractivity contribution < 1.29 is 27.4 Å². The highest BCUT2D eigenvalue weighted by Crippen LogP contribution is 2.33. The first-order valence-corrected chi connectivity index (χ1v) is 5.42. The SMILES string of the molecule is CCOC(=O)c1c(Cl)cc(OC(F)(F)F)cc1Cl. The van der Waals surface area contributed by atoms with E-state index < -0.39 is 18.1 Å². The normalized spacial score (nSPS) is 11.2. The van der Waals surface area contributed by atoms with Crippen LogP contribution in [0.15, 0.2) is 12.1 Å². The third kappa shape index (κ3) is 3.96. The number of hydrogen-bond donors (Lipinski definition) is 0. The smallest absolute Gasteiger partial charge is 0.462 e. The summed E-state index contributed by atoms with van der Waals surface area (Å²) < 4.78 is 44.3. The molecule has 100 valence electrons. The maximum atomic E-state index is 12.0. The summed E-state index contributed by atoms with van der Waals surface area (Å²) in [5, 5.41) is -0.555. The predicted octanol–water partition coefficient (Wildman–Crippen LogP) is 4.07. The summed E-state index contributed by atoms with van der Waals surface area (Å²) in [5.74, 6) is -1.42. The molecule has 0 saturated carbocycles. The van der Waals surface area contributed by atoms with E-state index in [1.807, 2.05) is 0 Å². The van der Waals surface area contributed by atoms with E-state index >= 15 is 0 Å². The molecule has 0 aliphatic heterocycles. The Hall–Kier alpha value is -1.14. The highest BCUT2D eigenvalue weighted by Gasteiger charge is 2.32. The minimum atomic E-state index is -4.86. The van der Waals surface area contributed by atoms with Crippen LogP contribution in [0.4, 0.5) is 13.2 Å². The zero-order valence-electron chi connectivity index (χ0n) is 8.98. The first-order valence-electron chi connectivity index (χ1n) is 4.66. The minimum absolute atomic E-state index is 0.0896. The van der Waals surface area contributed by atoms with Crippen molar-refractivity contribution in [2.75, 3.05) is 6.61 Å². The van der Waals surface area contributed by atoms with Gasteiger partial charge in [0, 0.05) is 12.1 Å². The number of carbonyl (C=O) groups excluding carboxylic acids is 1. The predicted molar refractivity (Wildman–Crippen MR) is 59.1 cm³/mol. The van der Waals surface area contributed by atoms with Gasteiger partial charge in [-0.3, -0.25) is 0 Å². The van der Waals surface area contributed by atoms with E-state index in [1.165, 1.54) is 0 Å². The number of carbonyl (C=O) groups is 1. The van der Waals surface area contributed by atoms with Crippen molar-refractivity contribution >= 4 is 29.2 Å². The largest absolute Gasteiger partial charge is 0.573 e. The molecule has 0 N–H and O–H groups in total. The quantitative estimate of drug-likeness (QED) is 0.790. The van der Waals surface area contributed by atoms with Gasteiger partial charge in [0.2, 0.25) is 0 Å². The Balaban J connectivity index is 3.09. The fourth-order valence-corrected chi connectivity index (χ4v) is 1.76. The third-order valence-corrected chi connectivity index (χ3v) is 2.32. The monoisotopic (exact) mass is 302 g/mol. The molecule has 0 aromatic heterocycles. The molecule has 1 aromatic carbocycles. The first kappa shape index (κ1) is 14.9. The van der Waals surface area contributed by atoms with Gasteiger partial charge in [0.05, 0.1) is 22.2 Å². The fourth-order valence-electron chi connectivity index (χ4n) is 1.14. The Kier molecular flexibility index (Phi) is 4.70. The minimum Gasteiger partial charge on any atom is -0.462 e. The molecule has 0 aliphatic carbocycles. The highest BCUT2D eigenvalue weighted by molar-refractivity contribution is 6.39. The van der Waals surface area contributed by atoms with Gasteiger partial charge in [-0.2, -0.15) is 0 Å². The molecule has 18 heavy (non-hydrogen) atoms. The Morgan fingerprint density at radius 1 is 1.28 bits per heavy atom. The highest BCUT2D eigenvalue weighted by atomic mass is 35.5. The van der Waals surface area contributed by atoms with E-state index in [0.29, 0.717) is 0 Å². The van der Waals surface area contributed by atoms with Gasteiger partial charge >= 0.3 is 12.3 Å². The van der Waals surface area contributed by atoms with Crippen LogP contribution in [0.3, 0.4) is 0 Å². The second kappa shape index (κ2) is 5.67. The van der Waals surface area contributed by atoms with Crippen LogP contribution in [-0.4, -0.2) is 18.9 Å². The van der Waals surface area contributed by atoms with Gasteiger partial charge in [0.15, 0.2) is 0 Å². The lowest BCUT2D eigenvalue weighted by Gasteiger charge is -2.12. The van der Waals surface area contributed by atoms with Crippen LogP contribution in [0.1, 0.15) is 17.3 Å². The van der Waals surface area contributed by atoms with Crippen LogP contribution in [0.25, 0.3) is 0 Å². The van der Waals surface area contributed by atoms with Crippen molar-refractivity contribution in [2.24, 2.45) is 0 Å². The maximum Gasteiger partial charge on any atom is 0.573 e. The molecule has 0 spiro atoms.